The van der Waals surface area contributed by atoms with Crippen molar-refractivity contribution < 1.29 is 0 Å². The van der Waals surface area contributed by atoms with E-state index in [-0.39, 0.29) is 0 Å². The summed E-state index contributed by atoms with van der Waals surface area (Å²) in [5.74, 6) is 0.952. The summed E-state index contributed by atoms with van der Waals surface area (Å²) in [6.07, 6.45) is 6.83. The van der Waals surface area contributed by atoms with Crippen molar-refractivity contribution in [3.05, 3.63) is 60.4 Å². The van der Waals surface area contributed by atoms with Gasteiger partial charge in [-0.25, -0.2) is 9.97 Å². The van der Waals surface area contributed by atoms with Crippen molar-refractivity contribution in [2.24, 2.45) is 0 Å². The first-order chi connectivity index (χ1) is 10.8. The van der Waals surface area contributed by atoms with Crippen LogP contribution in [0.5, 0.6) is 0 Å². The molecule has 0 aliphatic rings. The van der Waals surface area contributed by atoms with Gasteiger partial charge in [-0.3, -0.25) is 4.98 Å². The first-order valence-corrected chi connectivity index (χ1v) is 7.66. The van der Waals surface area contributed by atoms with Gasteiger partial charge in [-0.2, -0.15) is 0 Å². The first-order valence-electron chi connectivity index (χ1n) is 7.66. The number of unbranched alkanes of at least 4 members (excludes halogenated alkanes) is 1. The molecule has 3 aromatic rings. The molecule has 2 heterocycles. The molecule has 0 unspecified atom stereocenters. The Hall–Kier alpha value is -2.49. The third-order valence-electron chi connectivity index (χ3n) is 3.76. The molecule has 0 saturated heterocycles. The van der Waals surface area contributed by atoms with Gasteiger partial charge in [0.1, 0.15) is 11.3 Å². The van der Waals surface area contributed by atoms with E-state index >= 15 is 0 Å². The lowest BCUT2D eigenvalue weighted by Crippen LogP contribution is -2.19. The Bertz CT molecular complexity index is 727. The summed E-state index contributed by atoms with van der Waals surface area (Å²) in [5, 5.41) is 0. The highest BCUT2D eigenvalue weighted by atomic mass is 15.2. The van der Waals surface area contributed by atoms with Gasteiger partial charge in [0.25, 0.3) is 0 Å². The average molecular weight is 292 g/mol. The van der Waals surface area contributed by atoms with Crippen LogP contribution < -0.4 is 4.90 Å². The fraction of sp³-hybridized carbons (Fsp3) is 0.278. The van der Waals surface area contributed by atoms with Gasteiger partial charge in [-0.15, -0.1) is 0 Å². The van der Waals surface area contributed by atoms with Gasteiger partial charge in [0.05, 0.1) is 0 Å². The molecule has 0 amide bonds. The van der Waals surface area contributed by atoms with Crippen LogP contribution in [0.2, 0.25) is 0 Å². The van der Waals surface area contributed by atoms with Gasteiger partial charge >= 0.3 is 0 Å². The molecule has 0 aliphatic heterocycles. The Morgan fingerprint density at radius 1 is 0.909 bits per heavy atom. The molecule has 0 bridgehead atoms. The minimum Gasteiger partial charge on any atom is -0.360 e. The molecule has 3 rings (SSSR count). The summed E-state index contributed by atoms with van der Waals surface area (Å²) < 4.78 is 0. The van der Waals surface area contributed by atoms with Gasteiger partial charge in [-0.05, 0) is 37.0 Å². The molecule has 0 atom stereocenters. The van der Waals surface area contributed by atoms with E-state index in [0.29, 0.717) is 5.65 Å². The van der Waals surface area contributed by atoms with E-state index in [4.69, 9.17) is 0 Å². The third kappa shape index (κ3) is 3.58. The van der Waals surface area contributed by atoms with E-state index in [2.05, 4.69) is 57.2 Å². The molecule has 0 radical (unpaired) electrons. The SMILES string of the molecule is CN(CCCCc1ccccc1)c1ccc2nccnc2n1. The fourth-order valence-electron chi connectivity index (χ4n) is 2.49. The fourth-order valence-corrected chi connectivity index (χ4v) is 2.49. The second kappa shape index (κ2) is 6.98. The average Bonchev–Trinajstić information content (AvgIpc) is 2.59. The van der Waals surface area contributed by atoms with Crippen LogP contribution >= 0.6 is 0 Å². The molecule has 0 N–H and O–H groups in total. The maximum atomic E-state index is 4.56. The van der Waals surface area contributed by atoms with Gasteiger partial charge in [-0.1, -0.05) is 30.3 Å². The summed E-state index contributed by atoms with van der Waals surface area (Å²) in [6, 6.07) is 14.6. The highest BCUT2D eigenvalue weighted by Gasteiger charge is 2.05. The Balaban J connectivity index is 1.53. The lowest BCUT2D eigenvalue weighted by Gasteiger charge is -2.18. The summed E-state index contributed by atoms with van der Waals surface area (Å²) in [7, 11) is 2.08. The molecule has 0 aliphatic carbocycles. The standard InChI is InChI=1S/C18H20N4/c1-22(14-6-5-9-15-7-3-2-4-8-15)17-11-10-16-18(21-17)20-13-12-19-16/h2-4,7-8,10-13H,5-6,9,14H2,1H3. The van der Waals surface area contributed by atoms with Crippen LogP contribution in [-0.4, -0.2) is 28.5 Å². The second-order valence-electron chi connectivity index (χ2n) is 5.43. The summed E-state index contributed by atoms with van der Waals surface area (Å²) in [6.45, 7) is 0.992. The molecule has 4 heteroatoms. The van der Waals surface area contributed by atoms with Gasteiger partial charge in [0.2, 0.25) is 0 Å². The smallest absolute Gasteiger partial charge is 0.180 e. The first kappa shape index (κ1) is 14.4. The van der Waals surface area contributed by atoms with Crippen LogP contribution in [0.25, 0.3) is 11.2 Å². The lowest BCUT2D eigenvalue weighted by molar-refractivity contribution is 0.715. The third-order valence-corrected chi connectivity index (χ3v) is 3.76. The van der Waals surface area contributed by atoms with Crippen LogP contribution in [0.15, 0.2) is 54.9 Å². The Labute approximate surface area is 130 Å². The van der Waals surface area contributed by atoms with Gasteiger partial charge in [0, 0.05) is 26.0 Å². The number of fused-ring (bicyclic) bond motifs is 1. The molecule has 0 saturated carbocycles. The molecule has 4 nitrogen and oxygen atoms in total. The van der Waals surface area contributed by atoms with Crippen molar-refractivity contribution in [3.63, 3.8) is 0 Å². The highest BCUT2D eigenvalue weighted by molar-refractivity contribution is 5.71. The number of rotatable bonds is 6. The molecule has 0 fully saturated rings. The largest absolute Gasteiger partial charge is 0.360 e. The molecular weight excluding hydrogens is 272 g/mol. The molecule has 112 valence electrons. The molecule has 1 aromatic carbocycles. The number of aromatic nitrogens is 3. The number of nitrogens with zero attached hydrogens (tertiary/aromatic N) is 4. The van der Waals surface area contributed by atoms with E-state index in [1.807, 2.05) is 12.1 Å². The zero-order chi connectivity index (χ0) is 15.2. The number of hydrogen-bond acceptors (Lipinski definition) is 4. The van der Waals surface area contributed by atoms with Crippen molar-refractivity contribution in [3.8, 4) is 0 Å². The lowest BCUT2D eigenvalue weighted by atomic mass is 10.1. The number of benzene rings is 1. The summed E-state index contributed by atoms with van der Waals surface area (Å²) >= 11 is 0. The Kier molecular flexibility index (Phi) is 4.59. The number of hydrogen-bond donors (Lipinski definition) is 0. The monoisotopic (exact) mass is 292 g/mol. The normalized spacial score (nSPS) is 10.8. The molecule has 2 aromatic heterocycles. The minimum absolute atomic E-state index is 0.705. The van der Waals surface area contributed by atoms with E-state index in [9.17, 15) is 0 Å². The second-order valence-corrected chi connectivity index (χ2v) is 5.43. The van der Waals surface area contributed by atoms with E-state index in [1.54, 1.807) is 12.4 Å². The van der Waals surface area contributed by atoms with Gasteiger partial charge in [0.15, 0.2) is 5.65 Å². The number of anilines is 1. The van der Waals surface area contributed by atoms with Crippen LogP contribution in [0.3, 0.4) is 0 Å². The van der Waals surface area contributed by atoms with E-state index in [1.165, 1.54) is 12.0 Å². The van der Waals surface area contributed by atoms with Crippen molar-refractivity contribution in [2.45, 2.75) is 19.3 Å². The van der Waals surface area contributed by atoms with E-state index in [0.717, 1.165) is 30.7 Å². The zero-order valence-electron chi connectivity index (χ0n) is 12.8. The molecule has 0 spiro atoms. The predicted octanol–water partition coefficient (Wildman–Crippen LogP) is 3.48. The van der Waals surface area contributed by atoms with Crippen LogP contribution in [0.4, 0.5) is 5.82 Å². The zero-order valence-corrected chi connectivity index (χ0v) is 12.8. The van der Waals surface area contributed by atoms with Crippen molar-refractivity contribution in [2.75, 3.05) is 18.5 Å². The minimum atomic E-state index is 0.705. The van der Waals surface area contributed by atoms with Crippen molar-refractivity contribution >= 4 is 17.0 Å². The topological polar surface area (TPSA) is 41.9 Å². The molecular formula is C18H20N4. The highest BCUT2D eigenvalue weighted by Crippen LogP contribution is 2.14. The van der Waals surface area contributed by atoms with Crippen molar-refractivity contribution in [1.29, 1.82) is 0 Å². The summed E-state index contributed by atoms with van der Waals surface area (Å²) in [5.41, 5.74) is 2.95. The summed E-state index contributed by atoms with van der Waals surface area (Å²) in [4.78, 5) is 15.3. The Morgan fingerprint density at radius 3 is 2.59 bits per heavy atom. The van der Waals surface area contributed by atoms with E-state index < -0.39 is 0 Å². The van der Waals surface area contributed by atoms with Crippen LogP contribution in [0, 0.1) is 0 Å². The predicted molar refractivity (Wildman–Crippen MR) is 90.0 cm³/mol. The number of aryl methyl sites for hydroxylation is 1. The van der Waals surface area contributed by atoms with Crippen LogP contribution in [0.1, 0.15) is 18.4 Å². The van der Waals surface area contributed by atoms with Crippen LogP contribution in [-0.2, 0) is 6.42 Å². The molecule has 22 heavy (non-hydrogen) atoms. The van der Waals surface area contributed by atoms with Crippen molar-refractivity contribution in [1.82, 2.24) is 15.0 Å². The van der Waals surface area contributed by atoms with Gasteiger partial charge < -0.3 is 4.90 Å². The quantitative estimate of drug-likeness (QED) is 0.652. The Morgan fingerprint density at radius 2 is 1.73 bits per heavy atom. The maximum Gasteiger partial charge on any atom is 0.180 e. The number of pyridine rings is 1. The maximum absolute atomic E-state index is 4.56.